The Hall–Kier alpha value is -1.49. The van der Waals surface area contributed by atoms with Crippen LogP contribution in [0.4, 0.5) is 8.78 Å². The van der Waals surface area contributed by atoms with E-state index in [1.165, 1.54) is 0 Å². The summed E-state index contributed by atoms with van der Waals surface area (Å²) in [6.45, 7) is 1.14. The monoisotopic (exact) mass is 240 g/mol. The molecule has 17 heavy (non-hydrogen) atoms. The molecular formula is C12H14F2N2O. The highest BCUT2D eigenvalue weighted by Gasteiger charge is 2.41. The van der Waals surface area contributed by atoms with Crippen LogP contribution >= 0.6 is 0 Å². The standard InChI is InChI=1S/C12H14F2N2O/c13-8-1-2-10(14)9(7-8)12(11(15)17)3-5-16-6-4-12/h1-2,7,16H,3-6H2,(H2,15,17). The summed E-state index contributed by atoms with van der Waals surface area (Å²) >= 11 is 0. The van der Waals surface area contributed by atoms with Crippen molar-refractivity contribution in [1.29, 1.82) is 0 Å². The van der Waals surface area contributed by atoms with Gasteiger partial charge in [0.05, 0.1) is 5.41 Å². The fourth-order valence-electron chi connectivity index (χ4n) is 2.37. The number of nitrogens with one attached hydrogen (secondary N) is 1. The Morgan fingerprint density at radius 1 is 1.29 bits per heavy atom. The quantitative estimate of drug-likeness (QED) is 0.812. The third-order valence-corrected chi connectivity index (χ3v) is 3.37. The first-order valence-corrected chi connectivity index (χ1v) is 5.52. The van der Waals surface area contributed by atoms with Crippen molar-refractivity contribution in [1.82, 2.24) is 5.32 Å². The van der Waals surface area contributed by atoms with Gasteiger partial charge in [0.1, 0.15) is 11.6 Å². The van der Waals surface area contributed by atoms with E-state index in [2.05, 4.69) is 5.32 Å². The maximum absolute atomic E-state index is 13.8. The summed E-state index contributed by atoms with van der Waals surface area (Å²) in [6, 6.07) is 3.15. The SMILES string of the molecule is NC(=O)C1(c2cc(F)ccc2F)CCNCC1. The Balaban J connectivity index is 2.52. The molecule has 1 heterocycles. The second-order valence-electron chi connectivity index (χ2n) is 4.32. The van der Waals surface area contributed by atoms with Gasteiger partial charge in [-0.1, -0.05) is 0 Å². The lowest BCUT2D eigenvalue weighted by atomic mass is 9.72. The van der Waals surface area contributed by atoms with Gasteiger partial charge in [-0.2, -0.15) is 0 Å². The van der Waals surface area contributed by atoms with Crippen molar-refractivity contribution in [2.75, 3.05) is 13.1 Å². The van der Waals surface area contributed by atoms with Crippen molar-refractivity contribution in [2.45, 2.75) is 18.3 Å². The molecule has 92 valence electrons. The van der Waals surface area contributed by atoms with E-state index in [9.17, 15) is 13.6 Å². The minimum atomic E-state index is -1.09. The van der Waals surface area contributed by atoms with Crippen LogP contribution in [-0.2, 0) is 10.2 Å². The van der Waals surface area contributed by atoms with Crippen LogP contribution in [0.25, 0.3) is 0 Å². The number of nitrogens with two attached hydrogens (primary N) is 1. The number of piperidine rings is 1. The predicted molar refractivity (Wildman–Crippen MR) is 59.3 cm³/mol. The number of halogens is 2. The molecule has 1 amide bonds. The molecule has 0 spiro atoms. The first-order valence-electron chi connectivity index (χ1n) is 5.52. The topological polar surface area (TPSA) is 55.1 Å². The van der Waals surface area contributed by atoms with E-state index >= 15 is 0 Å². The van der Waals surface area contributed by atoms with E-state index in [0.29, 0.717) is 25.9 Å². The summed E-state index contributed by atoms with van der Waals surface area (Å²) in [5.41, 5.74) is 4.39. The summed E-state index contributed by atoms with van der Waals surface area (Å²) < 4.78 is 27.0. The first kappa shape index (κ1) is 12.0. The first-order chi connectivity index (χ1) is 8.06. The van der Waals surface area contributed by atoms with E-state index in [1.54, 1.807) is 0 Å². The molecule has 0 aliphatic carbocycles. The summed E-state index contributed by atoms with van der Waals surface area (Å²) in [5.74, 6) is -1.73. The molecule has 1 aromatic rings. The van der Waals surface area contributed by atoms with Gasteiger partial charge in [-0.05, 0) is 44.1 Å². The fraction of sp³-hybridized carbons (Fsp3) is 0.417. The van der Waals surface area contributed by atoms with E-state index in [4.69, 9.17) is 5.73 Å². The molecule has 0 saturated carbocycles. The zero-order chi connectivity index (χ0) is 12.5. The summed E-state index contributed by atoms with van der Waals surface area (Å²) in [4.78, 5) is 11.6. The van der Waals surface area contributed by atoms with Crippen molar-refractivity contribution in [3.05, 3.63) is 35.4 Å². The maximum atomic E-state index is 13.8. The van der Waals surface area contributed by atoms with Crippen LogP contribution in [0.3, 0.4) is 0 Å². The lowest BCUT2D eigenvalue weighted by Gasteiger charge is -2.35. The average molecular weight is 240 g/mol. The van der Waals surface area contributed by atoms with Gasteiger partial charge in [0.2, 0.25) is 5.91 Å². The third kappa shape index (κ3) is 2.02. The molecule has 1 saturated heterocycles. The molecule has 1 fully saturated rings. The van der Waals surface area contributed by atoms with Crippen molar-refractivity contribution in [2.24, 2.45) is 5.73 Å². The number of rotatable bonds is 2. The minimum Gasteiger partial charge on any atom is -0.369 e. The number of primary amides is 1. The number of hydrogen-bond acceptors (Lipinski definition) is 2. The molecule has 0 aromatic heterocycles. The number of carbonyl (C=O) groups excluding carboxylic acids is 1. The van der Waals surface area contributed by atoms with Crippen molar-refractivity contribution in [3.63, 3.8) is 0 Å². The normalized spacial score (nSPS) is 18.9. The maximum Gasteiger partial charge on any atom is 0.228 e. The number of benzene rings is 1. The van der Waals surface area contributed by atoms with Gasteiger partial charge < -0.3 is 11.1 Å². The van der Waals surface area contributed by atoms with Crippen LogP contribution in [-0.4, -0.2) is 19.0 Å². The van der Waals surface area contributed by atoms with Crippen LogP contribution in [0.2, 0.25) is 0 Å². The smallest absolute Gasteiger partial charge is 0.228 e. The highest BCUT2D eigenvalue weighted by molar-refractivity contribution is 5.87. The molecule has 0 bridgehead atoms. The van der Waals surface area contributed by atoms with Gasteiger partial charge in [0.25, 0.3) is 0 Å². The Bertz CT molecular complexity index is 442. The minimum absolute atomic E-state index is 0.0755. The second kappa shape index (κ2) is 4.41. The zero-order valence-corrected chi connectivity index (χ0v) is 9.30. The van der Waals surface area contributed by atoms with Crippen LogP contribution in [0.15, 0.2) is 18.2 Å². The van der Waals surface area contributed by atoms with Crippen molar-refractivity contribution in [3.8, 4) is 0 Å². The van der Waals surface area contributed by atoms with Crippen molar-refractivity contribution < 1.29 is 13.6 Å². The molecule has 1 aliphatic heterocycles. The van der Waals surface area contributed by atoms with Crippen LogP contribution in [0.1, 0.15) is 18.4 Å². The highest BCUT2D eigenvalue weighted by atomic mass is 19.1. The Morgan fingerprint density at radius 3 is 2.53 bits per heavy atom. The van der Waals surface area contributed by atoms with Gasteiger partial charge in [-0.15, -0.1) is 0 Å². The van der Waals surface area contributed by atoms with Crippen LogP contribution in [0.5, 0.6) is 0 Å². The molecule has 5 heteroatoms. The Kier molecular flexibility index (Phi) is 3.11. The van der Waals surface area contributed by atoms with Crippen molar-refractivity contribution >= 4 is 5.91 Å². The lowest BCUT2D eigenvalue weighted by molar-refractivity contribution is -0.124. The van der Waals surface area contributed by atoms with E-state index < -0.39 is 23.0 Å². The van der Waals surface area contributed by atoms with Gasteiger partial charge in [-0.3, -0.25) is 4.79 Å². The molecule has 3 N–H and O–H groups in total. The summed E-state index contributed by atoms with van der Waals surface area (Å²) in [6.07, 6.45) is 0.783. The molecular weight excluding hydrogens is 226 g/mol. The van der Waals surface area contributed by atoms with E-state index in [-0.39, 0.29) is 5.56 Å². The molecule has 0 atom stereocenters. The largest absolute Gasteiger partial charge is 0.369 e. The highest BCUT2D eigenvalue weighted by Crippen LogP contribution is 2.35. The second-order valence-corrected chi connectivity index (χ2v) is 4.32. The van der Waals surface area contributed by atoms with E-state index in [0.717, 1.165) is 18.2 Å². The molecule has 1 aliphatic rings. The average Bonchev–Trinajstić information content (AvgIpc) is 2.33. The Labute approximate surface area is 98.0 Å². The van der Waals surface area contributed by atoms with Gasteiger partial charge >= 0.3 is 0 Å². The number of hydrogen-bond donors (Lipinski definition) is 2. The van der Waals surface area contributed by atoms with Gasteiger partial charge in [0.15, 0.2) is 0 Å². The number of carbonyl (C=O) groups is 1. The van der Waals surface area contributed by atoms with Crippen LogP contribution < -0.4 is 11.1 Å². The fourth-order valence-corrected chi connectivity index (χ4v) is 2.37. The lowest BCUT2D eigenvalue weighted by Crippen LogP contribution is -2.49. The molecule has 0 unspecified atom stereocenters. The number of amides is 1. The summed E-state index contributed by atoms with van der Waals surface area (Å²) in [7, 11) is 0. The van der Waals surface area contributed by atoms with Gasteiger partial charge in [-0.25, -0.2) is 8.78 Å². The molecule has 1 aromatic carbocycles. The van der Waals surface area contributed by atoms with E-state index in [1.807, 2.05) is 0 Å². The summed E-state index contributed by atoms with van der Waals surface area (Å²) in [5, 5.41) is 3.07. The predicted octanol–water partition coefficient (Wildman–Crippen LogP) is 1.07. The van der Waals surface area contributed by atoms with Gasteiger partial charge in [0, 0.05) is 5.56 Å². The molecule has 3 nitrogen and oxygen atoms in total. The zero-order valence-electron chi connectivity index (χ0n) is 9.30. The Morgan fingerprint density at radius 2 is 1.94 bits per heavy atom. The molecule has 0 radical (unpaired) electrons. The third-order valence-electron chi connectivity index (χ3n) is 3.37. The van der Waals surface area contributed by atoms with Crippen LogP contribution in [0, 0.1) is 11.6 Å². The molecule has 2 rings (SSSR count).